The number of carbonyl (C=O) groups is 1. The minimum Gasteiger partial charge on any atom is -0.455 e. The summed E-state index contributed by atoms with van der Waals surface area (Å²) in [6.45, 7) is 4.83. The fourth-order valence-electron chi connectivity index (χ4n) is 1.72. The van der Waals surface area contributed by atoms with Crippen LogP contribution in [0.5, 0.6) is 5.75 Å². The monoisotopic (exact) mass is 264 g/mol. The molecule has 1 aromatic carbocycles. The number of benzene rings is 1. The van der Waals surface area contributed by atoms with Gasteiger partial charge in [0.15, 0.2) is 0 Å². The van der Waals surface area contributed by atoms with Crippen LogP contribution in [-0.2, 0) is 16.1 Å². The molecule has 0 saturated carbocycles. The Labute approximate surface area is 113 Å². The first kappa shape index (κ1) is 13.8. The van der Waals surface area contributed by atoms with Crippen LogP contribution in [0.15, 0.2) is 24.3 Å². The summed E-state index contributed by atoms with van der Waals surface area (Å²) in [5.74, 6) is 0.724. The molecule has 0 aliphatic carbocycles. The van der Waals surface area contributed by atoms with Gasteiger partial charge in [-0.25, -0.2) is 0 Å². The van der Waals surface area contributed by atoms with E-state index in [-0.39, 0.29) is 11.9 Å². The lowest BCUT2D eigenvalue weighted by molar-refractivity contribution is -0.159. The fraction of sp³-hybridized carbons (Fsp3) is 0.500. The molecule has 0 radical (unpaired) electrons. The Bertz CT molecular complexity index is 448. The molecule has 1 aliphatic heterocycles. The van der Waals surface area contributed by atoms with E-state index >= 15 is 0 Å². The highest BCUT2D eigenvalue weighted by Gasteiger charge is 2.26. The number of hydrogen-bond acceptors (Lipinski definition) is 4. The number of carbonyl (C=O) groups excluding carboxylic acids is 1. The van der Waals surface area contributed by atoms with E-state index in [1.807, 2.05) is 38.1 Å². The highest BCUT2D eigenvalue weighted by molar-refractivity contribution is 5.80. The summed E-state index contributed by atoms with van der Waals surface area (Å²) in [6.07, 6.45) is -0.894. The van der Waals surface area contributed by atoms with E-state index in [1.165, 1.54) is 0 Å². The fourth-order valence-corrected chi connectivity index (χ4v) is 1.72. The summed E-state index contributed by atoms with van der Waals surface area (Å²) in [5.41, 5.74) is 6.82. The molecule has 2 atom stereocenters. The second-order valence-corrected chi connectivity index (χ2v) is 5.02. The summed E-state index contributed by atoms with van der Waals surface area (Å²) >= 11 is 0. The maximum absolute atomic E-state index is 11.9. The minimum atomic E-state index is -0.894. The number of rotatable bonds is 4. The van der Waals surface area contributed by atoms with Crippen molar-refractivity contribution in [2.75, 3.05) is 6.54 Å². The number of ether oxygens (including phenoxy) is 2. The van der Waals surface area contributed by atoms with Crippen molar-refractivity contribution in [3.05, 3.63) is 29.8 Å². The molecule has 5 nitrogen and oxygen atoms in total. The SMILES string of the molecule is CC(C)C(N)CNC(=O)C1OCc2ccccc2O1. The van der Waals surface area contributed by atoms with Crippen LogP contribution >= 0.6 is 0 Å². The van der Waals surface area contributed by atoms with E-state index in [4.69, 9.17) is 15.2 Å². The van der Waals surface area contributed by atoms with E-state index < -0.39 is 6.29 Å². The van der Waals surface area contributed by atoms with Crippen molar-refractivity contribution >= 4 is 5.91 Å². The van der Waals surface area contributed by atoms with Crippen molar-refractivity contribution in [3.8, 4) is 5.75 Å². The minimum absolute atomic E-state index is 0.0696. The van der Waals surface area contributed by atoms with Gasteiger partial charge in [-0.3, -0.25) is 4.79 Å². The quantitative estimate of drug-likeness (QED) is 0.851. The van der Waals surface area contributed by atoms with Gasteiger partial charge in [-0.1, -0.05) is 32.0 Å². The van der Waals surface area contributed by atoms with Gasteiger partial charge in [-0.2, -0.15) is 0 Å². The van der Waals surface area contributed by atoms with Crippen LogP contribution in [0.3, 0.4) is 0 Å². The number of para-hydroxylation sites is 1. The molecule has 2 rings (SSSR count). The second-order valence-electron chi connectivity index (χ2n) is 5.02. The van der Waals surface area contributed by atoms with Gasteiger partial charge in [0, 0.05) is 18.2 Å². The molecule has 3 N–H and O–H groups in total. The van der Waals surface area contributed by atoms with Gasteiger partial charge in [0.05, 0.1) is 6.61 Å². The lowest BCUT2D eigenvalue weighted by atomic mass is 10.1. The molecule has 1 aliphatic rings. The first-order chi connectivity index (χ1) is 9.08. The van der Waals surface area contributed by atoms with Crippen molar-refractivity contribution in [3.63, 3.8) is 0 Å². The van der Waals surface area contributed by atoms with Crippen molar-refractivity contribution in [1.82, 2.24) is 5.32 Å². The van der Waals surface area contributed by atoms with E-state index in [0.29, 0.717) is 24.8 Å². The molecule has 2 unspecified atom stereocenters. The molecule has 5 heteroatoms. The zero-order valence-corrected chi connectivity index (χ0v) is 11.3. The van der Waals surface area contributed by atoms with Crippen molar-refractivity contribution in [2.24, 2.45) is 11.7 Å². The molecule has 104 valence electrons. The largest absolute Gasteiger partial charge is 0.455 e. The summed E-state index contributed by atoms with van der Waals surface area (Å²) < 4.78 is 10.9. The Kier molecular flexibility index (Phi) is 4.39. The molecule has 0 saturated heterocycles. The molecule has 0 fully saturated rings. The highest BCUT2D eigenvalue weighted by atomic mass is 16.7. The van der Waals surface area contributed by atoms with Crippen LogP contribution in [-0.4, -0.2) is 24.8 Å². The molecule has 1 aromatic rings. The smallest absolute Gasteiger partial charge is 0.289 e. The molecule has 0 spiro atoms. The second kappa shape index (κ2) is 6.04. The van der Waals surface area contributed by atoms with Crippen LogP contribution in [0.4, 0.5) is 0 Å². The molecule has 1 heterocycles. The van der Waals surface area contributed by atoms with Gasteiger partial charge < -0.3 is 20.5 Å². The first-order valence-corrected chi connectivity index (χ1v) is 6.47. The number of amides is 1. The number of fused-ring (bicyclic) bond motifs is 1. The van der Waals surface area contributed by atoms with Crippen molar-refractivity contribution < 1.29 is 14.3 Å². The molecular formula is C14H20N2O3. The predicted octanol–water partition coefficient (Wildman–Crippen LogP) is 1.02. The van der Waals surface area contributed by atoms with Gasteiger partial charge in [0.1, 0.15) is 5.75 Å². The third-order valence-electron chi connectivity index (χ3n) is 3.18. The van der Waals surface area contributed by atoms with Crippen LogP contribution in [0.2, 0.25) is 0 Å². The third kappa shape index (κ3) is 3.45. The van der Waals surface area contributed by atoms with Gasteiger partial charge >= 0.3 is 0 Å². The third-order valence-corrected chi connectivity index (χ3v) is 3.18. The Morgan fingerprint density at radius 3 is 2.95 bits per heavy atom. The molecule has 19 heavy (non-hydrogen) atoms. The van der Waals surface area contributed by atoms with Crippen LogP contribution in [0, 0.1) is 5.92 Å². The maximum Gasteiger partial charge on any atom is 0.289 e. The van der Waals surface area contributed by atoms with Crippen molar-refractivity contribution in [2.45, 2.75) is 32.8 Å². The van der Waals surface area contributed by atoms with Gasteiger partial charge in [0.2, 0.25) is 0 Å². The predicted molar refractivity (Wildman–Crippen MR) is 71.5 cm³/mol. The van der Waals surface area contributed by atoms with Gasteiger partial charge in [0.25, 0.3) is 12.2 Å². The molecular weight excluding hydrogens is 244 g/mol. The maximum atomic E-state index is 11.9. The van der Waals surface area contributed by atoms with E-state index in [2.05, 4.69) is 5.32 Å². The summed E-state index contributed by atoms with van der Waals surface area (Å²) in [7, 11) is 0. The Morgan fingerprint density at radius 1 is 1.47 bits per heavy atom. The average Bonchev–Trinajstić information content (AvgIpc) is 2.43. The molecule has 0 aromatic heterocycles. The number of nitrogens with two attached hydrogens (primary N) is 1. The zero-order chi connectivity index (χ0) is 13.8. The van der Waals surface area contributed by atoms with Crippen molar-refractivity contribution in [1.29, 1.82) is 0 Å². The Balaban J connectivity index is 1.89. The lowest BCUT2D eigenvalue weighted by Gasteiger charge is -2.26. The summed E-state index contributed by atoms with van der Waals surface area (Å²) in [5, 5.41) is 2.75. The van der Waals surface area contributed by atoms with Crippen LogP contribution in [0.25, 0.3) is 0 Å². The average molecular weight is 264 g/mol. The van der Waals surface area contributed by atoms with Crippen LogP contribution < -0.4 is 15.8 Å². The zero-order valence-electron chi connectivity index (χ0n) is 11.3. The Morgan fingerprint density at radius 2 is 2.21 bits per heavy atom. The highest BCUT2D eigenvalue weighted by Crippen LogP contribution is 2.25. The normalized spacial score (nSPS) is 19.5. The first-order valence-electron chi connectivity index (χ1n) is 6.47. The van der Waals surface area contributed by atoms with E-state index in [1.54, 1.807) is 0 Å². The van der Waals surface area contributed by atoms with Gasteiger partial charge in [-0.05, 0) is 12.0 Å². The number of hydrogen-bond donors (Lipinski definition) is 2. The topological polar surface area (TPSA) is 73.6 Å². The van der Waals surface area contributed by atoms with Crippen LogP contribution in [0.1, 0.15) is 19.4 Å². The van der Waals surface area contributed by atoms with E-state index in [9.17, 15) is 4.79 Å². The standard InChI is InChI=1S/C14H20N2O3/c1-9(2)11(15)7-16-13(17)14-18-8-10-5-3-4-6-12(10)19-14/h3-6,9,11,14H,7-8,15H2,1-2H3,(H,16,17). The summed E-state index contributed by atoms with van der Waals surface area (Å²) in [6, 6.07) is 7.46. The van der Waals surface area contributed by atoms with E-state index in [0.717, 1.165) is 5.56 Å². The lowest BCUT2D eigenvalue weighted by Crippen LogP contribution is -2.47. The Hall–Kier alpha value is -1.59. The van der Waals surface area contributed by atoms with Gasteiger partial charge in [-0.15, -0.1) is 0 Å². The molecule has 1 amide bonds. The molecule has 0 bridgehead atoms. The number of nitrogens with one attached hydrogen (secondary N) is 1. The summed E-state index contributed by atoms with van der Waals surface area (Å²) in [4.78, 5) is 11.9.